The molecular formula is C11H19NO. The van der Waals surface area contributed by atoms with Gasteiger partial charge in [-0.2, -0.15) is 0 Å². The van der Waals surface area contributed by atoms with E-state index in [1.807, 2.05) is 0 Å². The highest BCUT2D eigenvalue weighted by molar-refractivity contribution is 4.84. The van der Waals surface area contributed by atoms with Gasteiger partial charge in [0, 0.05) is 6.42 Å². The average Bonchev–Trinajstić information content (AvgIpc) is 2.19. The third kappa shape index (κ3) is 3.80. The summed E-state index contributed by atoms with van der Waals surface area (Å²) < 4.78 is 0. The van der Waals surface area contributed by atoms with Crippen molar-refractivity contribution in [1.82, 2.24) is 5.32 Å². The zero-order valence-electron chi connectivity index (χ0n) is 8.13. The van der Waals surface area contributed by atoms with Gasteiger partial charge in [0.15, 0.2) is 0 Å². The molecule has 2 N–H and O–H groups in total. The van der Waals surface area contributed by atoms with Gasteiger partial charge in [0.05, 0.1) is 6.10 Å². The van der Waals surface area contributed by atoms with Gasteiger partial charge < -0.3 is 10.4 Å². The molecule has 1 aliphatic rings. The Morgan fingerprint density at radius 1 is 1.46 bits per heavy atom. The van der Waals surface area contributed by atoms with Crippen LogP contribution in [0.4, 0.5) is 0 Å². The maximum atomic E-state index is 9.80. The van der Waals surface area contributed by atoms with Crippen molar-refractivity contribution in [2.24, 2.45) is 5.92 Å². The number of unbranched alkanes of at least 4 members (excludes halogenated alkanes) is 1. The molecule has 0 aromatic carbocycles. The third-order valence-corrected chi connectivity index (χ3v) is 2.75. The van der Waals surface area contributed by atoms with Crippen LogP contribution >= 0.6 is 0 Å². The summed E-state index contributed by atoms with van der Waals surface area (Å²) in [5.41, 5.74) is 0. The quantitative estimate of drug-likeness (QED) is 0.504. The van der Waals surface area contributed by atoms with Gasteiger partial charge in [-0.25, -0.2) is 0 Å². The Kier molecular flexibility index (Phi) is 4.88. The number of hydrogen-bond donors (Lipinski definition) is 2. The van der Waals surface area contributed by atoms with E-state index in [9.17, 15) is 5.11 Å². The van der Waals surface area contributed by atoms with Crippen molar-refractivity contribution in [2.75, 3.05) is 13.1 Å². The van der Waals surface area contributed by atoms with E-state index in [0.717, 1.165) is 45.2 Å². The molecule has 2 heteroatoms. The Balaban J connectivity index is 2.14. The van der Waals surface area contributed by atoms with Crippen LogP contribution in [0.25, 0.3) is 0 Å². The summed E-state index contributed by atoms with van der Waals surface area (Å²) in [4.78, 5) is 0. The summed E-state index contributed by atoms with van der Waals surface area (Å²) in [7, 11) is 0. The van der Waals surface area contributed by atoms with E-state index < -0.39 is 0 Å². The molecule has 0 saturated carbocycles. The Morgan fingerprint density at radius 3 is 2.77 bits per heavy atom. The lowest BCUT2D eigenvalue weighted by molar-refractivity contribution is 0.0796. The first-order valence-corrected chi connectivity index (χ1v) is 5.17. The van der Waals surface area contributed by atoms with Crippen LogP contribution in [-0.2, 0) is 0 Å². The van der Waals surface area contributed by atoms with E-state index in [4.69, 9.17) is 6.42 Å². The van der Waals surface area contributed by atoms with Gasteiger partial charge in [0.25, 0.3) is 0 Å². The standard InChI is InChI=1S/C11H19NO/c1-2-3-4-5-11(13)10-6-8-12-9-7-10/h1,10-13H,3-9H2. The molecule has 0 aromatic heterocycles. The van der Waals surface area contributed by atoms with Gasteiger partial charge in [-0.05, 0) is 44.7 Å². The van der Waals surface area contributed by atoms with Crippen LogP contribution in [0, 0.1) is 18.3 Å². The summed E-state index contributed by atoms with van der Waals surface area (Å²) in [5.74, 6) is 3.10. The van der Waals surface area contributed by atoms with E-state index in [1.165, 1.54) is 0 Å². The molecule has 0 bridgehead atoms. The number of piperidine rings is 1. The van der Waals surface area contributed by atoms with Crippen molar-refractivity contribution in [3.05, 3.63) is 0 Å². The predicted molar refractivity (Wildman–Crippen MR) is 54.3 cm³/mol. The van der Waals surface area contributed by atoms with E-state index in [0.29, 0.717) is 5.92 Å². The second kappa shape index (κ2) is 6.01. The summed E-state index contributed by atoms with van der Waals surface area (Å²) in [6, 6.07) is 0. The van der Waals surface area contributed by atoms with Crippen LogP contribution in [0.5, 0.6) is 0 Å². The number of aliphatic hydroxyl groups is 1. The first kappa shape index (κ1) is 10.6. The van der Waals surface area contributed by atoms with Gasteiger partial charge in [0.2, 0.25) is 0 Å². The van der Waals surface area contributed by atoms with Crippen molar-refractivity contribution in [2.45, 2.75) is 38.2 Å². The highest BCUT2D eigenvalue weighted by Crippen LogP contribution is 2.19. The maximum absolute atomic E-state index is 9.80. The molecular weight excluding hydrogens is 162 g/mol. The van der Waals surface area contributed by atoms with Crippen LogP contribution in [0.2, 0.25) is 0 Å². The molecule has 13 heavy (non-hydrogen) atoms. The second-order valence-corrected chi connectivity index (χ2v) is 3.75. The Hall–Kier alpha value is -0.520. The summed E-state index contributed by atoms with van der Waals surface area (Å²) in [6.07, 6.45) is 9.86. The van der Waals surface area contributed by atoms with E-state index in [2.05, 4.69) is 11.2 Å². The summed E-state index contributed by atoms with van der Waals surface area (Å²) >= 11 is 0. The highest BCUT2D eigenvalue weighted by Gasteiger charge is 2.20. The van der Waals surface area contributed by atoms with Gasteiger partial charge in [-0.1, -0.05) is 0 Å². The van der Waals surface area contributed by atoms with Crippen LogP contribution in [-0.4, -0.2) is 24.3 Å². The molecule has 1 atom stereocenters. The number of hydrogen-bond acceptors (Lipinski definition) is 2. The number of aliphatic hydroxyl groups excluding tert-OH is 1. The Bertz CT molecular complexity index is 167. The van der Waals surface area contributed by atoms with Crippen LogP contribution < -0.4 is 5.32 Å². The molecule has 0 aromatic rings. The summed E-state index contributed by atoms with van der Waals surface area (Å²) in [6.45, 7) is 2.10. The number of rotatable bonds is 4. The van der Waals surface area contributed by atoms with Crippen molar-refractivity contribution in [3.63, 3.8) is 0 Å². The molecule has 1 saturated heterocycles. The molecule has 1 heterocycles. The minimum absolute atomic E-state index is 0.129. The van der Waals surface area contributed by atoms with E-state index in [1.54, 1.807) is 0 Å². The predicted octanol–water partition coefficient (Wildman–Crippen LogP) is 1.15. The molecule has 0 radical (unpaired) electrons. The zero-order chi connectivity index (χ0) is 9.52. The maximum Gasteiger partial charge on any atom is 0.0569 e. The first-order chi connectivity index (χ1) is 6.34. The molecule has 74 valence electrons. The van der Waals surface area contributed by atoms with Crippen molar-refractivity contribution >= 4 is 0 Å². The van der Waals surface area contributed by atoms with Crippen molar-refractivity contribution in [1.29, 1.82) is 0 Å². The zero-order valence-corrected chi connectivity index (χ0v) is 8.13. The third-order valence-electron chi connectivity index (χ3n) is 2.75. The Morgan fingerprint density at radius 2 is 2.15 bits per heavy atom. The SMILES string of the molecule is C#CCCCC(O)C1CCNCC1. The lowest BCUT2D eigenvalue weighted by atomic mass is 9.89. The van der Waals surface area contributed by atoms with Crippen LogP contribution in [0.1, 0.15) is 32.1 Å². The van der Waals surface area contributed by atoms with Gasteiger partial charge in [-0.15, -0.1) is 12.3 Å². The minimum atomic E-state index is -0.129. The van der Waals surface area contributed by atoms with E-state index >= 15 is 0 Å². The normalized spacial score (nSPS) is 20.9. The molecule has 0 aliphatic carbocycles. The molecule has 1 aliphatic heterocycles. The van der Waals surface area contributed by atoms with Crippen molar-refractivity contribution in [3.8, 4) is 12.3 Å². The minimum Gasteiger partial charge on any atom is -0.393 e. The average molecular weight is 181 g/mol. The topological polar surface area (TPSA) is 32.3 Å². The lowest BCUT2D eigenvalue weighted by Gasteiger charge is -2.27. The lowest BCUT2D eigenvalue weighted by Crippen LogP contribution is -2.34. The first-order valence-electron chi connectivity index (χ1n) is 5.17. The fourth-order valence-electron chi connectivity index (χ4n) is 1.88. The fraction of sp³-hybridized carbons (Fsp3) is 0.818. The molecule has 0 spiro atoms. The summed E-state index contributed by atoms with van der Waals surface area (Å²) in [5, 5.41) is 13.1. The number of nitrogens with one attached hydrogen (secondary N) is 1. The molecule has 1 unspecified atom stereocenters. The van der Waals surface area contributed by atoms with Gasteiger partial charge >= 0.3 is 0 Å². The molecule has 2 nitrogen and oxygen atoms in total. The smallest absolute Gasteiger partial charge is 0.0569 e. The van der Waals surface area contributed by atoms with Gasteiger partial charge in [0.1, 0.15) is 0 Å². The fourth-order valence-corrected chi connectivity index (χ4v) is 1.88. The Labute approximate surface area is 80.7 Å². The van der Waals surface area contributed by atoms with Crippen molar-refractivity contribution < 1.29 is 5.11 Å². The second-order valence-electron chi connectivity index (χ2n) is 3.75. The van der Waals surface area contributed by atoms with Crippen LogP contribution in [0.3, 0.4) is 0 Å². The molecule has 1 rings (SSSR count). The highest BCUT2D eigenvalue weighted by atomic mass is 16.3. The molecule has 1 fully saturated rings. The van der Waals surface area contributed by atoms with E-state index in [-0.39, 0.29) is 6.10 Å². The largest absolute Gasteiger partial charge is 0.393 e. The molecule has 0 amide bonds. The van der Waals surface area contributed by atoms with Crippen LogP contribution in [0.15, 0.2) is 0 Å². The van der Waals surface area contributed by atoms with Gasteiger partial charge in [-0.3, -0.25) is 0 Å². The number of terminal acetylenes is 1. The monoisotopic (exact) mass is 181 g/mol.